The van der Waals surface area contributed by atoms with Crippen molar-refractivity contribution in [3.05, 3.63) is 20.8 Å². The van der Waals surface area contributed by atoms with Gasteiger partial charge in [-0.3, -0.25) is 18.7 Å². The van der Waals surface area contributed by atoms with E-state index in [2.05, 4.69) is 8.85 Å². The van der Waals surface area contributed by atoms with Gasteiger partial charge in [0.2, 0.25) is 0 Å². The van der Waals surface area contributed by atoms with E-state index in [1.54, 1.807) is 22.9 Å². The van der Waals surface area contributed by atoms with Crippen LogP contribution in [-0.4, -0.2) is 26.8 Å². The number of anilines is 2. The van der Waals surface area contributed by atoms with Crippen LogP contribution >= 0.6 is 22.9 Å². The third-order valence-electron chi connectivity index (χ3n) is 2.17. The van der Waals surface area contributed by atoms with Gasteiger partial charge < -0.3 is 14.0 Å². The first-order valence-corrected chi connectivity index (χ1v) is 5.60. The summed E-state index contributed by atoms with van der Waals surface area (Å²) in [5.74, 6) is -0.861. The maximum Gasteiger partial charge on any atom is 0.332 e. The topological polar surface area (TPSA) is 105 Å². The van der Waals surface area contributed by atoms with Crippen LogP contribution < -0.4 is 20.1 Å². The summed E-state index contributed by atoms with van der Waals surface area (Å²) in [4.78, 5) is 33.8. The SMILES string of the molecule is Cn1c(NI)c(NCC(=O)O)c(=O)n(C)c1=O. The lowest BCUT2D eigenvalue weighted by atomic mass is 10.4. The summed E-state index contributed by atoms with van der Waals surface area (Å²) in [6.07, 6.45) is 0. The minimum atomic E-state index is -1.10. The standard InChI is InChI=1S/C8H11IN4O4/c1-12-6(11-9)5(10-3-4(14)15)7(16)13(2)8(12)17/h10-11H,3H2,1-2H3,(H,14,15). The number of nitrogens with zero attached hydrogens (tertiary/aromatic N) is 2. The number of carboxylic acids is 1. The van der Waals surface area contributed by atoms with Crippen LogP contribution in [0.3, 0.4) is 0 Å². The number of rotatable bonds is 4. The molecule has 0 aliphatic carbocycles. The largest absolute Gasteiger partial charge is 0.480 e. The Morgan fingerprint density at radius 3 is 2.41 bits per heavy atom. The van der Waals surface area contributed by atoms with Crippen LogP contribution in [0.1, 0.15) is 0 Å². The molecule has 8 nitrogen and oxygen atoms in total. The molecule has 0 saturated carbocycles. The Morgan fingerprint density at radius 2 is 1.94 bits per heavy atom. The van der Waals surface area contributed by atoms with E-state index in [9.17, 15) is 14.4 Å². The van der Waals surface area contributed by atoms with Gasteiger partial charge in [0.15, 0.2) is 0 Å². The molecule has 0 aliphatic rings. The molecule has 0 radical (unpaired) electrons. The van der Waals surface area contributed by atoms with Crippen molar-refractivity contribution in [1.82, 2.24) is 9.13 Å². The van der Waals surface area contributed by atoms with Crippen molar-refractivity contribution in [3.63, 3.8) is 0 Å². The number of carboxylic acid groups (broad SMARTS) is 1. The van der Waals surface area contributed by atoms with Crippen LogP contribution in [0.15, 0.2) is 9.59 Å². The summed E-state index contributed by atoms with van der Waals surface area (Å²) in [5, 5.41) is 11.0. The Kier molecular flexibility index (Phi) is 4.15. The maximum absolute atomic E-state index is 11.8. The van der Waals surface area contributed by atoms with Crippen LogP contribution in [0.5, 0.6) is 0 Å². The van der Waals surface area contributed by atoms with Crippen LogP contribution in [0.4, 0.5) is 11.5 Å². The van der Waals surface area contributed by atoms with E-state index < -0.39 is 23.8 Å². The third kappa shape index (κ3) is 2.60. The molecule has 1 heterocycles. The first kappa shape index (κ1) is 13.5. The van der Waals surface area contributed by atoms with Crippen LogP contribution in [0.2, 0.25) is 0 Å². The minimum Gasteiger partial charge on any atom is -0.480 e. The summed E-state index contributed by atoms with van der Waals surface area (Å²) in [6.45, 7) is -0.404. The zero-order valence-corrected chi connectivity index (χ0v) is 11.3. The highest BCUT2D eigenvalue weighted by Crippen LogP contribution is 2.15. The third-order valence-corrected chi connectivity index (χ3v) is 2.68. The first-order valence-electron chi connectivity index (χ1n) is 4.52. The molecule has 17 heavy (non-hydrogen) atoms. The van der Waals surface area contributed by atoms with Gasteiger partial charge in [-0.15, -0.1) is 0 Å². The fourth-order valence-electron chi connectivity index (χ4n) is 1.28. The van der Waals surface area contributed by atoms with Crippen molar-refractivity contribution in [2.24, 2.45) is 14.1 Å². The molecule has 9 heteroatoms. The molecule has 0 amide bonds. The van der Waals surface area contributed by atoms with E-state index in [-0.39, 0.29) is 11.5 Å². The molecule has 0 unspecified atom stereocenters. The zero-order chi connectivity index (χ0) is 13.2. The Balaban J connectivity index is 3.42. The van der Waals surface area contributed by atoms with E-state index in [0.717, 1.165) is 4.57 Å². The summed E-state index contributed by atoms with van der Waals surface area (Å²) in [7, 11) is 2.81. The van der Waals surface area contributed by atoms with E-state index >= 15 is 0 Å². The Hall–Kier alpha value is -1.52. The molecule has 0 aliphatic heterocycles. The van der Waals surface area contributed by atoms with Crippen LogP contribution in [0, 0.1) is 0 Å². The smallest absolute Gasteiger partial charge is 0.332 e. The van der Waals surface area contributed by atoms with E-state index in [4.69, 9.17) is 5.11 Å². The quantitative estimate of drug-likeness (QED) is 0.490. The van der Waals surface area contributed by atoms with Crippen molar-refractivity contribution >= 4 is 40.3 Å². The van der Waals surface area contributed by atoms with Crippen molar-refractivity contribution in [2.75, 3.05) is 15.4 Å². The summed E-state index contributed by atoms with van der Waals surface area (Å²) >= 11 is 1.76. The minimum absolute atomic E-state index is 0.0476. The summed E-state index contributed by atoms with van der Waals surface area (Å²) in [5.41, 5.74) is -1.02. The molecule has 0 aromatic carbocycles. The number of hydrogen-bond donors (Lipinski definition) is 3. The van der Waals surface area contributed by atoms with Gasteiger partial charge in [0, 0.05) is 14.1 Å². The van der Waals surface area contributed by atoms with Crippen molar-refractivity contribution < 1.29 is 9.90 Å². The zero-order valence-electron chi connectivity index (χ0n) is 9.15. The Morgan fingerprint density at radius 1 is 1.35 bits per heavy atom. The summed E-state index contributed by atoms with van der Waals surface area (Å²) < 4.78 is 4.79. The lowest BCUT2D eigenvalue weighted by molar-refractivity contribution is -0.134. The van der Waals surface area contributed by atoms with Gasteiger partial charge in [-0.25, -0.2) is 4.79 Å². The van der Waals surface area contributed by atoms with Gasteiger partial charge in [-0.2, -0.15) is 0 Å². The molecule has 3 N–H and O–H groups in total. The lowest BCUT2D eigenvalue weighted by Crippen LogP contribution is -2.39. The molecule has 1 aromatic rings. The van der Waals surface area contributed by atoms with Crippen LogP contribution in [0.25, 0.3) is 0 Å². The van der Waals surface area contributed by atoms with Crippen molar-refractivity contribution in [1.29, 1.82) is 0 Å². The number of aromatic nitrogens is 2. The van der Waals surface area contributed by atoms with Gasteiger partial charge in [0.05, 0.1) is 22.9 Å². The molecule has 0 fully saturated rings. The van der Waals surface area contributed by atoms with Gasteiger partial charge in [0.1, 0.15) is 18.1 Å². The number of carbonyl (C=O) groups is 1. The highest BCUT2D eigenvalue weighted by atomic mass is 127. The lowest BCUT2D eigenvalue weighted by Gasteiger charge is -2.13. The second kappa shape index (κ2) is 5.21. The molecule has 0 saturated heterocycles. The summed E-state index contributed by atoms with van der Waals surface area (Å²) in [6, 6.07) is 0. The average molecular weight is 354 g/mol. The predicted octanol–water partition coefficient (Wildman–Crippen LogP) is -0.658. The average Bonchev–Trinajstić information content (AvgIpc) is 2.29. The number of hydrogen-bond acceptors (Lipinski definition) is 5. The fraction of sp³-hybridized carbons (Fsp3) is 0.375. The highest BCUT2D eigenvalue weighted by Gasteiger charge is 2.15. The number of nitrogens with one attached hydrogen (secondary N) is 2. The van der Waals surface area contributed by atoms with Gasteiger partial charge in [0.25, 0.3) is 5.56 Å². The van der Waals surface area contributed by atoms with Gasteiger partial charge in [-0.05, 0) is 0 Å². The van der Waals surface area contributed by atoms with Gasteiger partial charge in [-0.1, -0.05) is 0 Å². The normalized spacial score (nSPS) is 10.1. The molecule has 94 valence electrons. The molecule has 1 rings (SSSR count). The van der Waals surface area contributed by atoms with E-state index in [1.807, 2.05) is 0 Å². The number of halogens is 1. The second-order valence-corrected chi connectivity index (χ2v) is 3.81. The first-order chi connectivity index (χ1) is 7.90. The second-order valence-electron chi connectivity index (χ2n) is 3.27. The van der Waals surface area contributed by atoms with Crippen molar-refractivity contribution in [2.45, 2.75) is 0 Å². The van der Waals surface area contributed by atoms with E-state index in [0.29, 0.717) is 0 Å². The van der Waals surface area contributed by atoms with Crippen LogP contribution in [-0.2, 0) is 18.9 Å². The monoisotopic (exact) mass is 354 g/mol. The maximum atomic E-state index is 11.8. The molecule has 1 aromatic heterocycles. The van der Waals surface area contributed by atoms with Crippen molar-refractivity contribution in [3.8, 4) is 0 Å². The van der Waals surface area contributed by atoms with E-state index in [1.165, 1.54) is 18.7 Å². The highest BCUT2D eigenvalue weighted by molar-refractivity contribution is 14.1. The molecule has 0 atom stereocenters. The number of aliphatic carboxylic acids is 1. The fourth-order valence-corrected chi connectivity index (χ4v) is 1.91. The molecule has 0 bridgehead atoms. The molecular weight excluding hydrogens is 343 g/mol. The molecule has 0 spiro atoms. The molecular formula is C8H11IN4O4. The Bertz CT molecular complexity index is 562. The predicted molar refractivity (Wildman–Crippen MR) is 70.7 cm³/mol. The Labute approximate surface area is 110 Å². The van der Waals surface area contributed by atoms with Gasteiger partial charge >= 0.3 is 11.7 Å².